The maximum atomic E-state index is 12.3. The predicted molar refractivity (Wildman–Crippen MR) is 102 cm³/mol. The molecular formula is C20H25N3O5. The number of methoxy groups -OCH3 is 1. The number of nitrogens with zero attached hydrogens (tertiary/aromatic N) is 3. The molecule has 0 spiro atoms. The van der Waals surface area contributed by atoms with Crippen molar-refractivity contribution in [2.45, 2.75) is 37.6 Å². The van der Waals surface area contributed by atoms with Crippen LogP contribution in [0.5, 0.6) is 5.75 Å². The number of carbonyl (C=O) groups is 2. The Bertz CT molecular complexity index is 733. The average molecular weight is 387 g/mol. The summed E-state index contributed by atoms with van der Waals surface area (Å²) < 4.78 is 9.99. The highest BCUT2D eigenvalue weighted by atomic mass is 16.7. The molecule has 1 fully saturated rings. The van der Waals surface area contributed by atoms with Crippen LogP contribution in [0.25, 0.3) is 0 Å². The van der Waals surface area contributed by atoms with Crippen LogP contribution in [0.3, 0.4) is 0 Å². The molecule has 8 nitrogen and oxygen atoms in total. The molecule has 0 atom stereocenters. The molecule has 1 saturated carbocycles. The summed E-state index contributed by atoms with van der Waals surface area (Å²) in [5, 5.41) is 13.2. The topological polar surface area (TPSA) is 101 Å². The second kappa shape index (κ2) is 10.3. The minimum absolute atomic E-state index is 0.404. The van der Waals surface area contributed by atoms with Crippen LogP contribution < -0.4 is 4.74 Å². The summed E-state index contributed by atoms with van der Waals surface area (Å²) in [6, 6.07) is 9.39. The Morgan fingerprint density at radius 1 is 1.21 bits per heavy atom. The number of ether oxygens (including phenoxy) is 2. The van der Waals surface area contributed by atoms with Gasteiger partial charge in [-0.05, 0) is 42.7 Å². The molecule has 28 heavy (non-hydrogen) atoms. The van der Waals surface area contributed by atoms with Gasteiger partial charge in [-0.2, -0.15) is 5.26 Å². The minimum atomic E-state index is -0.805. The fourth-order valence-electron chi connectivity index (χ4n) is 3.06. The Morgan fingerprint density at radius 2 is 1.89 bits per heavy atom. The molecule has 150 valence electrons. The fraction of sp³-hybridized carbons (Fsp3) is 0.500. The second-order valence-corrected chi connectivity index (χ2v) is 6.60. The summed E-state index contributed by atoms with van der Waals surface area (Å²) in [5.74, 6) is -0.385. The van der Waals surface area contributed by atoms with Gasteiger partial charge >= 0.3 is 5.97 Å². The third-order valence-corrected chi connectivity index (χ3v) is 4.84. The van der Waals surface area contributed by atoms with Gasteiger partial charge in [0.25, 0.3) is 5.91 Å². The normalized spacial score (nSPS) is 15.5. The number of esters is 1. The van der Waals surface area contributed by atoms with Gasteiger partial charge < -0.3 is 19.2 Å². The number of rotatable bonds is 8. The van der Waals surface area contributed by atoms with Crippen molar-refractivity contribution in [3.8, 4) is 11.8 Å². The Balaban J connectivity index is 1.73. The number of amides is 1. The van der Waals surface area contributed by atoms with Gasteiger partial charge in [0.15, 0.2) is 6.61 Å². The van der Waals surface area contributed by atoms with Crippen LogP contribution in [-0.2, 0) is 19.2 Å². The molecule has 0 saturated heterocycles. The van der Waals surface area contributed by atoms with Gasteiger partial charge in [0, 0.05) is 7.05 Å². The van der Waals surface area contributed by atoms with E-state index in [0.717, 1.165) is 30.6 Å². The molecule has 1 aliphatic carbocycles. The zero-order valence-corrected chi connectivity index (χ0v) is 16.2. The Labute approximate surface area is 164 Å². The molecule has 0 N–H and O–H groups in total. The van der Waals surface area contributed by atoms with Crippen molar-refractivity contribution >= 4 is 18.1 Å². The summed E-state index contributed by atoms with van der Waals surface area (Å²) >= 11 is 0. The average Bonchev–Trinajstić information content (AvgIpc) is 2.75. The first-order chi connectivity index (χ1) is 13.5. The lowest BCUT2D eigenvalue weighted by atomic mass is 9.81. The monoisotopic (exact) mass is 387 g/mol. The van der Waals surface area contributed by atoms with Crippen LogP contribution in [-0.4, -0.2) is 55.9 Å². The van der Waals surface area contributed by atoms with Crippen molar-refractivity contribution in [3.63, 3.8) is 0 Å². The molecule has 0 radical (unpaired) electrons. The van der Waals surface area contributed by atoms with Gasteiger partial charge in [-0.25, -0.2) is 4.79 Å². The third-order valence-electron chi connectivity index (χ3n) is 4.84. The van der Waals surface area contributed by atoms with E-state index >= 15 is 0 Å². The van der Waals surface area contributed by atoms with E-state index < -0.39 is 30.6 Å². The van der Waals surface area contributed by atoms with Gasteiger partial charge in [-0.1, -0.05) is 24.4 Å². The summed E-state index contributed by atoms with van der Waals surface area (Å²) in [6.07, 6.45) is 5.61. The van der Waals surface area contributed by atoms with E-state index in [1.165, 1.54) is 11.1 Å². The SMILES string of the molecule is COc1ccc(/C=N\OCC(=O)OCC(=O)N(C)C2(C#N)CCCCC2)cc1. The van der Waals surface area contributed by atoms with Crippen molar-refractivity contribution < 1.29 is 23.9 Å². The second-order valence-electron chi connectivity index (χ2n) is 6.60. The number of oxime groups is 1. The molecule has 0 bridgehead atoms. The standard InChI is InChI=1S/C20H25N3O5/c1-23(20(15-21)10-4-3-5-11-20)18(24)13-27-19(25)14-28-22-12-16-6-8-17(26-2)9-7-16/h6-9,12H,3-5,10-11,13-14H2,1-2H3/b22-12-. The van der Waals surface area contributed by atoms with Gasteiger partial charge in [0.2, 0.25) is 6.61 Å². The Hall–Kier alpha value is -3.08. The smallest absolute Gasteiger partial charge is 0.347 e. The van der Waals surface area contributed by atoms with E-state index in [-0.39, 0.29) is 0 Å². The molecule has 0 heterocycles. The lowest BCUT2D eigenvalue weighted by Crippen LogP contribution is -2.51. The van der Waals surface area contributed by atoms with E-state index in [2.05, 4.69) is 11.2 Å². The minimum Gasteiger partial charge on any atom is -0.497 e. The quantitative estimate of drug-likeness (QED) is 0.385. The van der Waals surface area contributed by atoms with Crippen LogP contribution in [0.15, 0.2) is 29.4 Å². The van der Waals surface area contributed by atoms with Crippen molar-refractivity contribution in [2.75, 3.05) is 27.4 Å². The summed E-state index contributed by atoms with van der Waals surface area (Å²) in [7, 11) is 3.16. The van der Waals surface area contributed by atoms with E-state index in [1.54, 1.807) is 38.4 Å². The Morgan fingerprint density at radius 3 is 2.50 bits per heavy atom. The van der Waals surface area contributed by atoms with Crippen molar-refractivity contribution in [3.05, 3.63) is 29.8 Å². The molecule has 0 aliphatic heterocycles. The van der Waals surface area contributed by atoms with Crippen LogP contribution in [0.2, 0.25) is 0 Å². The van der Waals surface area contributed by atoms with E-state index in [4.69, 9.17) is 14.3 Å². The number of likely N-dealkylation sites (N-methyl/N-ethyl adjacent to an activating group) is 1. The lowest BCUT2D eigenvalue weighted by Gasteiger charge is -2.38. The lowest BCUT2D eigenvalue weighted by molar-refractivity contribution is -0.157. The summed E-state index contributed by atoms with van der Waals surface area (Å²) in [6.45, 7) is -0.836. The van der Waals surface area contributed by atoms with E-state index in [0.29, 0.717) is 12.8 Å². The summed E-state index contributed by atoms with van der Waals surface area (Å²) in [5.41, 5.74) is -0.0267. The third kappa shape index (κ3) is 5.71. The van der Waals surface area contributed by atoms with Crippen molar-refractivity contribution in [1.82, 2.24) is 4.90 Å². The maximum absolute atomic E-state index is 12.3. The van der Waals surface area contributed by atoms with Crippen LogP contribution in [0.4, 0.5) is 0 Å². The molecule has 0 unspecified atom stereocenters. The molecule has 8 heteroatoms. The number of hydrogen-bond donors (Lipinski definition) is 0. The number of nitriles is 1. The van der Waals surface area contributed by atoms with Crippen molar-refractivity contribution in [2.24, 2.45) is 5.16 Å². The van der Waals surface area contributed by atoms with Gasteiger partial charge in [0.1, 0.15) is 11.3 Å². The number of carbonyl (C=O) groups excluding carboxylic acids is 2. The molecule has 1 aromatic carbocycles. The molecule has 1 aliphatic rings. The Kier molecular flexibility index (Phi) is 7.81. The first-order valence-electron chi connectivity index (χ1n) is 9.14. The predicted octanol–water partition coefficient (Wildman–Crippen LogP) is 2.27. The highest BCUT2D eigenvalue weighted by molar-refractivity contribution is 5.82. The fourth-order valence-corrected chi connectivity index (χ4v) is 3.06. The van der Waals surface area contributed by atoms with Gasteiger partial charge in [0.05, 0.1) is 19.4 Å². The first kappa shape index (κ1) is 21.2. The first-order valence-corrected chi connectivity index (χ1v) is 9.14. The molecule has 1 aromatic rings. The zero-order chi connectivity index (χ0) is 20.4. The summed E-state index contributed by atoms with van der Waals surface area (Å²) in [4.78, 5) is 30.3. The zero-order valence-electron chi connectivity index (χ0n) is 16.2. The number of hydrogen-bond acceptors (Lipinski definition) is 7. The largest absolute Gasteiger partial charge is 0.497 e. The molecular weight excluding hydrogens is 362 g/mol. The highest BCUT2D eigenvalue weighted by Crippen LogP contribution is 2.32. The molecule has 0 aromatic heterocycles. The van der Waals surface area contributed by atoms with Gasteiger partial charge in [-0.15, -0.1) is 0 Å². The number of benzene rings is 1. The van der Waals surface area contributed by atoms with Gasteiger partial charge in [-0.3, -0.25) is 4.79 Å². The van der Waals surface area contributed by atoms with E-state index in [9.17, 15) is 14.9 Å². The molecule has 2 rings (SSSR count). The van der Waals surface area contributed by atoms with Crippen LogP contribution in [0.1, 0.15) is 37.7 Å². The van der Waals surface area contributed by atoms with Crippen LogP contribution >= 0.6 is 0 Å². The maximum Gasteiger partial charge on any atom is 0.347 e. The van der Waals surface area contributed by atoms with Crippen molar-refractivity contribution in [1.29, 1.82) is 5.26 Å². The highest BCUT2D eigenvalue weighted by Gasteiger charge is 2.38. The van der Waals surface area contributed by atoms with Crippen LogP contribution in [0, 0.1) is 11.3 Å². The molecule has 1 amide bonds. The van der Waals surface area contributed by atoms with E-state index in [1.807, 2.05) is 0 Å².